The summed E-state index contributed by atoms with van der Waals surface area (Å²) in [5.41, 5.74) is 1.25. The summed E-state index contributed by atoms with van der Waals surface area (Å²) in [4.78, 5) is 15.7. The topological polar surface area (TPSA) is 62.2 Å². The van der Waals surface area contributed by atoms with Gasteiger partial charge >= 0.3 is 0 Å². The summed E-state index contributed by atoms with van der Waals surface area (Å²) in [6.07, 6.45) is 4.41. The van der Waals surface area contributed by atoms with E-state index in [0.717, 1.165) is 0 Å². The van der Waals surface area contributed by atoms with Crippen LogP contribution in [-0.2, 0) is 11.4 Å². The van der Waals surface area contributed by atoms with Gasteiger partial charge in [0.05, 0.1) is 6.61 Å². The zero-order valence-electron chi connectivity index (χ0n) is 10.6. The summed E-state index contributed by atoms with van der Waals surface area (Å²) in [5.74, 6) is -0.376. The number of carbonyl (C=O) groups excluding carboxylic acids is 1. The first-order valence-corrected chi connectivity index (χ1v) is 5.98. The zero-order chi connectivity index (χ0) is 14.4. The van der Waals surface area contributed by atoms with Crippen LogP contribution in [-0.4, -0.2) is 16.0 Å². The molecule has 1 heterocycles. The van der Waals surface area contributed by atoms with Gasteiger partial charge in [0.2, 0.25) is 5.91 Å². The highest BCUT2D eigenvalue weighted by molar-refractivity contribution is 6.01. The average Bonchev–Trinajstić information content (AvgIpc) is 2.47. The molecule has 1 amide bonds. The smallest absolute Gasteiger partial charge is 0.249 e. The molecule has 0 bridgehead atoms. The maximum atomic E-state index is 12.7. The molecule has 0 radical (unpaired) electrons. The van der Waals surface area contributed by atoms with Gasteiger partial charge in [-0.25, -0.2) is 9.37 Å². The lowest BCUT2D eigenvalue weighted by molar-refractivity contribution is -0.111. The predicted molar refractivity (Wildman–Crippen MR) is 74.2 cm³/mol. The molecular weight excluding hydrogens is 259 g/mol. The Hall–Kier alpha value is -2.53. The Kier molecular flexibility index (Phi) is 4.57. The Morgan fingerprint density at radius 2 is 2.05 bits per heavy atom. The molecule has 1 aromatic carbocycles. The summed E-state index contributed by atoms with van der Waals surface area (Å²) in [5, 5.41) is 11.7. The van der Waals surface area contributed by atoms with Gasteiger partial charge in [-0.1, -0.05) is 18.2 Å². The van der Waals surface area contributed by atoms with E-state index < -0.39 is 0 Å². The third kappa shape index (κ3) is 3.73. The van der Waals surface area contributed by atoms with Crippen molar-refractivity contribution in [1.82, 2.24) is 4.98 Å². The van der Waals surface area contributed by atoms with Crippen LogP contribution in [0.4, 0.5) is 10.2 Å². The number of halogens is 1. The van der Waals surface area contributed by atoms with Crippen LogP contribution in [0.5, 0.6) is 0 Å². The number of hydrogen-bond donors (Lipinski definition) is 2. The number of carbonyl (C=O) groups is 1. The first kappa shape index (κ1) is 13.9. The van der Waals surface area contributed by atoms with Gasteiger partial charge in [-0.2, -0.15) is 0 Å². The van der Waals surface area contributed by atoms with Crippen molar-refractivity contribution in [3.8, 4) is 0 Å². The molecule has 2 N–H and O–H groups in total. The molecule has 0 saturated carbocycles. The second-order valence-corrected chi connectivity index (χ2v) is 4.04. The van der Waals surface area contributed by atoms with Gasteiger partial charge in [0.1, 0.15) is 11.6 Å². The first-order valence-electron chi connectivity index (χ1n) is 5.98. The number of aliphatic hydroxyl groups is 1. The second kappa shape index (κ2) is 6.58. The number of amides is 1. The summed E-state index contributed by atoms with van der Waals surface area (Å²) < 4.78 is 12.7. The Morgan fingerprint density at radius 1 is 1.30 bits per heavy atom. The third-order valence-electron chi connectivity index (χ3n) is 2.60. The molecule has 20 heavy (non-hydrogen) atoms. The highest BCUT2D eigenvalue weighted by Gasteiger charge is 2.04. The first-order chi connectivity index (χ1) is 9.69. The molecule has 4 nitrogen and oxygen atoms in total. The number of pyridine rings is 1. The molecule has 0 unspecified atom stereocenters. The minimum atomic E-state index is -0.372. The van der Waals surface area contributed by atoms with Crippen LogP contribution >= 0.6 is 0 Å². The van der Waals surface area contributed by atoms with E-state index in [1.165, 1.54) is 24.4 Å². The van der Waals surface area contributed by atoms with Gasteiger partial charge in [-0.3, -0.25) is 4.79 Å². The van der Waals surface area contributed by atoms with Crippen LogP contribution < -0.4 is 5.32 Å². The fourth-order valence-electron chi connectivity index (χ4n) is 1.58. The number of aromatic nitrogens is 1. The molecule has 0 aliphatic carbocycles. The molecule has 0 atom stereocenters. The van der Waals surface area contributed by atoms with Crippen LogP contribution in [0, 0.1) is 5.82 Å². The minimum Gasteiger partial charge on any atom is -0.392 e. The summed E-state index contributed by atoms with van der Waals surface area (Å²) >= 11 is 0. The molecule has 0 aliphatic heterocycles. The monoisotopic (exact) mass is 272 g/mol. The minimum absolute atomic E-state index is 0.203. The van der Waals surface area contributed by atoms with E-state index in [1.54, 1.807) is 30.3 Å². The van der Waals surface area contributed by atoms with E-state index in [4.69, 9.17) is 5.11 Å². The molecule has 2 aromatic rings. The van der Waals surface area contributed by atoms with Crippen molar-refractivity contribution in [3.05, 3.63) is 65.6 Å². The van der Waals surface area contributed by atoms with E-state index >= 15 is 0 Å². The van der Waals surface area contributed by atoms with Gasteiger partial charge in [0.15, 0.2) is 0 Å². The van der Waals surface area contributed by atoms with Crippen LogP contribution in [0.3, 0.4) is 0 Å². The van der Waals surface area contributed by atoms with Crippen LogP contribution in [0.2, 0.25) is 0 Å². The lowest BCUT2D eigenvalue weighted by Crippen LogP contribution is -2.11. The van der Waals surface area contributed by atoms with Crippen molar-refractivity contribution in [1.29, 1.82) is 0 Å². The van der Waals surface area contributed by atoms with Crippen LogP contribution in [0.25, 0.3) is 6.08 Å². The highest BCUT2D eigenvalue weighted by Crippen LogP contribution is 2.11. The fourth-order valence-corrected chi connectivity index (χ4v) is 1.58. The third-order valence-corrected chi connectivity index (χ3v) is 2.60. The Balaban J connectivity index is 2.03. The van der Waals surface area contributed by atoms with Crippen LogP contribution in [0.1, 0.15) is 11.1 Å². The fraction of sp³-hybridized carbons (Fsp3) is 0.0667. The number of rotatable bonds is 4. The molecular formula is C15H13FN2O2. The molecule has 1 aromatic heterocycles. The normalized spacial score (nSPS) is 10.7. The number of nitrogens with zero attached hydrogens (tertiary/aromatic N) is 1. The largest absolute Gasteiger partial charge is 0.392 e. The molecule has 0 fully saturated rings. The number of anilines is 1. The SMILES string of the molecule is O=C(/C=C/c1ccc(F)cc1)Nc1ncccc1CO. The lowest BCUT2D eigenvalue weighted by Gasteiger charge is -2.05. The molecule has 5 heteroatoms. The standard InChI is InChI=1S/C15H13FN2O2/c16-13-6-3-11(4-7-13)5-8-14(20)18-15-12(10-19)2-1-9-17-15/h1-9,19H,10H2,(H,17,18,20)/b8-5+. The quantitative estimate of drug-likeness (QED) is 0.840. The Morgan fingerprint density at radius 3 is 2.75 bits per heavy atom. The number of nitrogens with one attached hydrogen (secondary N) is 1. The summed E-state index contributed by atoms with van der Waals surface area (Å²) in [6, 6.07) is 9.13. The average molecular weight is 272 g/mol. The molecule has 0 spiro atoms. The van der Waals surface area contributed by atoms with Gasteiger partial charge < -0.3 is 10.4 Å². The maximum absolute atomic E-state index is 12.7. The molecule has 102 valence electrons. The summed E-state index contributed by atoms with van der Waals surface area (Å²) in [7, 11) is 0. The molecule has 2 rings (SSSR count). The van der Waals surface area contributed by atoms with Gasteiger partial charge in [-0.15, -0.1) is 0 Å². The maximum Gasteiger partial charge on any atom is 0.249 e. The van der Waals surface area contributed by atoms with Crippen molar-refractivity contribution in [2.75, 3.05) is 5.32 Å². The van der Waals surface area contributed by atoms with E-state index in [1.807, 2.05) is 0 Å². The second-order valence-electron chi connectivity index (χ2n) is 4.04. The van der Waals surface area contributed by atoms with Gasteiger partial charge in [0, 0.05) is 17.8 Å². The van der Waals surface area contributed by atoms with E-state index in [2.05, 4.69) is 10.3 Å². The zero-order valence-corrected chi connectivity index (χ0v) is 10.6. The molecule has 0 aliphatic rings. The van der Waals surface area contributed by atoms with E-state index in [9.17, 15) is 9.18 Å². The van der Waals surface area contributed by atoms with Crippen LogP contribution in [0.15, 0.2) is 48.7 Å². The van der Waals surface area contributed by atoms with Crippen molar-refractivity contribution in [2.45, 2.75) is 6.61 Å². The van der Waals surface area contributed by atoms with Crippen molar-refractivity contribution in [2.24, 2.45) is 0 Å². The van der Waals surface area contributed by atoms with Gasteiger partial charge in [-0.05, 0) is 29.8 Å². The Labute approximate surface area is 115 Å². The Bertz CT molecular complexity index is 624. The van der Waals surface area contributed by atoms with Crippen molar-refractivity contribution in [3.63, 3.8) is 0 Å². The highest BCUT2D eigenvalue weighted by atomic mass is 19.1. The lowest BCUT2D eigenvalue weighted by atomic mass is 10.2. The van der Waals surface area contributed by atoms with Gasteiger partial charge in [0.25, 0.3) is 0 Å². The van der Waals surface area contributed by atoms with Crippen molar-refractivity contribution < 1.29 is 14.3 Å². The predicted octanol–water partition coefficient (Wildman–Crippen LogP) is 2.36. The number of aliphatic hydroxyl groups excluding tert-OH is 1. The number of hydrogen-bond acceptors (Lipinski definition) is 3. The van der Waals surface area contributed by atoms with E-state index in [-0.39, 0.29) is 18.3 Å². The van der Waals surface area contributed by atoms with E-state index in [0.29, 0.717) is 16.9 Å². The van der Waals surface area contributed by atoms with Crippen molar-refractivity contribution >= 4 is 17.8 Å². The molecule has 0 saturated heterocycles. The summed E-state index contributed by atoms with van der Waals surface area (Å²) in [6.45, 7) is -0.203. The number of benzene rings is 1.